The van der Waals surface area contributed by atoms with Gasteiger partial charge in [-0.2, -0.15) is 0 Å². The third-order valence-electron chi connectivity index (χ3n) is 2.42. The van der Waals surface area contributed by atoms with Gasteiger partial charge in [0, 0.05) is 21.8 Å². The van der Waals surface area contributed by atoms with Crippen molar-refractivity contribution in [1.29, 1.82) is 0 Å². The molecule has 2 nitrogen and oxygen atoms in total. The van der Waals surface area contributed by atoms with Crippen LogP contribution in [0.4, 0.5) is 18.9 Å². The van der Waals surface area contributed by atoms with Gasteiger partial charge in [0.25, 0.3) is 0 Å². The molecule has 0 unspecified atom stereocenters. The van der Waals surface area contributed by atoms with E-state index >= 15 is 0 Å². The lowest BCUT2D eigenvalue weighted by atomic mass is 10.0. The molecule has 0 atom stereocenters. The molecule has 0 aromatic heterocycles. The van der Waals surface area contributed by atoms with Crippen LogP contribution in [0.1, 0.15) is 0 Å². The molecule has 0 fully saturated rings. The zero-order valence-electron chi connectivity index (χ0n) is 9.54. The number of hydrogen-bond acceptors (Lipinski definition) is 2. The Morgan fingerprint density at radius 3 is 2.32 bits per heavy atom. The van der Waals surface area contributed by atoms with Crippen molar-refractivity contribution in [3.05, 3.63) is 47.5 Å². The SMILES string of the molecule is Nc1ccc(OC(F)(F)F)cc1-c1ccccc1Cl. The Bertz CT molecular complexity index is 599. The van der Waals surface area contributed by atoms with Crippen LogP contribution in [0.15, 0.2) is 42.5 Å². The van der Waals surface area contributed by atoms with E-state index < -0.39 is 6.36 Å². The van der Waals surface area contributed by atoms with Crippen molar-refractivity contribution >= 4 is 17.3 Å². The molecule has 0 radical (unpaired) electrons. The molecular formula is C13H9ClF3NO. The number of anilines is 1. The van der Waals surface area contributed by atoms with E-state index in [1.807, 2.05) is 0 Å². The van der Waals surface area contributed by atoms with Gasteiger partial charge in [0.2, 0.25) is 0 Å². The van der Waals surface area contributed by atoms with Crippen molar-refractivity contribution in [2.75, 3.05) is 5.73 Å². The van der Waals surface area contributed by atoms with Crippen molar-refractivity contribution in [2.24, 2.45) is 0 Å². The van der Waals surface area contributed by atoms with Gasteiger partial charge in [-0.1, -0.05) is 29.8 Å². The Balaban J connectivity index is 2.46. The molecule has 0 saturated heterocycles. The van der Waals surface area contributed by atoms with Gasteiger partial charge in [-0.05, 0) is 24.3 Å². The van der Waals surface area contributed by atoms with Crippen LogP contribution in [-0.4, -0.2) is 6.36 Å². The molecular weight excluding hydrogens is 279 g/mol. The second-order valence-corrected chi connectivity index (χ2v) is 4.18. The van der Waals surface area contributed by atoms with Crippen LogP contribution in [0.5, 0.6) is 5.75 Å². The zero-order valence-corrected chi connectivity index (χ0v) is 10.3. The summed E-state index contributed by atoms with van der Waals surface area (Å²) >= 11 is 6.00. The molecule has 0 aliphatic heterocycles. The van der Waals surface area contributed by atoms with Gasteiger partial charge >= 0.3 is 6.36 Å². The molecule has 0 bridgehead atoms. The number of benzene rings is 2. The van der Waals surface area contributed by atoms with E-state index in [1.54, 1.807) is 24.3 Å². The van der Waals surface area contributed by atoms with E-state index in [0.29, 0.717) is 21.8 Å². The fraction of sp³-hybridized carbons (Fsp3) is 0.0769. The fourth-order valence-corrected chi connectivity index (χ4v) is 1.88. The van der Waals surface area contributed by atoms with Gasteiger partial charge in [0.05, 0.1) is 0 Å². The van der Waals surface area contributed by atoms with E-state index in [4.69, 9.17) is 17.3 Å². The highest BCUT2D eigenvalue weighted by molar-refractivity contribution is 6.33. The molecule has 0 heterocycles. The van der Waals surface area contributed by atoms with Crippen LogP contribution in [0.25, 0.3) is 11.1 Å². The molecule has 6 heteroatoms. The van der Waals surface area contributed by atoms with E-state index in [0.717, 1.165) is 6.07 Å². The highest BCUT2D eigenvalue weighted by Gasteiger charge is 2.31. The molecule has 0 aliphatic rings. The average molecular weight is 288 g/mol. The molecule has 0 spiro atoms. The van der Waals surface area contributed by atoms with Crippen LogP contribution < -0.4 is 10.5 Å². The predicted molar refractivity (Wildman–Crippen MR) is 68.0 cm³/mol. The third kappa shape index (κ3) is 3.32. The first-order valence-electron chi connectivity index (χ1n) is 5.27. The average Bonchev–Trinajstić information content (AvgIpc) is 2.31. The number of nitrogen functional groups attached to an aromatic ring is 1. The minimum Gasteiger partial charge on any atom is -0.406 e. The second kappa shape index (κ2) is 5.01. The summed E-state index contributed by atoms with van der Waals surface area (Å²) in [4.78, 5) is 0. The lowest BCUT2D eigenvalue weighted by molar-refractivity contribution is -0.274. The molecule has 2 rings (SSSR count). The first kappa shape index (κ1) is 13.5. The van der Waals surface area contributed by atoms with E-state index in [9.17, 15) is 13.2 Å². The van der Waals surface area contributed by atoms with Crippen LogP contribution in [-0.2, 0) is 0 Å². The lowest BCUT2D eigenvalue weighted by Gasteiger charge is -2.12. The first-order valence-corrected chi connectivity index (χ1v) is 5.65. The summed E-state index contributed by atoms with van der Waals surface area (Å²) in [6.07, 6.45) is -4.74. The molecule has 2 aromatic rings. The van der Waals surface area contributed by atoms with Crippen LogP contribution in [0, 0.1) is 0 Å². The van der Waals surface area contributed by atoms with Gasteiger partial charge in [-0.25, -0.2) is 0 Å². The largest absolute Gasteiger partial charge is 0.573 e. The number of nitrogens with two attached hydrogens (primary N) is 1. The summed E-state index contributed by atoms with van der Waals surface area (Å²) < 4.78 is 40.4. The van der Waals surface area contributed by atoms with Crippen molar-refractivity contribution in [2.45, 2.75) is 6.36 Å². The van der Waals surface area contributed by atoms with E-state index in [2.05, 4.69) is 4.74 Å². The second-order valence-electron chi connectivity index (χ2n) is 3.78. The summed E-state index contributed by atoms with van der Waals surface area (Å²) in [6.45, 7) is 0. The third-order valence-corrected chi connectivity index (χ3v) is 2.75. The summed E-state index contributed by atoms with van der Waals surface area (Å²) in [7, 11) is 0. The lowest BCUT2D eigenvalue weighted by Crippen LogP contribution is -2.17. The Hall–Kier alpha value is -1.88. The van der Waals surface area contributed by atoms with E-state index in [-0.39, 0.29) is 5.75 Å². The first-order chi connectivity index (χ1) is 8.87. The zero-order chi connectivity index (χ0) is 14.0. The number of hydrogen-bond donors (Lipinski definition) is 1. The summed E-state index contributed by atoms with van der Waals surface area (Å²) in [6, 6.07) is 10.5. The van der Waals surface area contributed by atoms with Crippen molar-refractivity contribution < 1.29 is 17.9 Å². The molecule has 100 valence electrons. The maximum atomic E-state index is 12.2. The maximum Gasteiger partial charge on any atom is 0.573 e. The maximum absolute atomic E-state index is 12.2. The van der Waals surface area contributed by atoms with Crippen LogP contribution in [0.3, 0.4) is 0 Å². The van der Waals surface area contributed by atoms with Gasteiger partial charge in [0.15, 0.2) is 0 Å². The normalized spacial score (nSPS) is 11.4. The fourth-order valence-electron chi connectivity index (χ4n) is 1.65. The predicted octanol–water partition coefficient (Wildman–Crippen LogP) is 4.49. The Kier molecular flexibility index (Phi) is 3.57. The van der Waals surface area contributed by atoms with Crippen molar-refractivity contribution in [3.8, 4) is 16.9 Å². The quantitative estimate of drug-likeness (QED) is 0.826. The van der Waals surface area contributed by atoms with Crippen LogP contribution in [0.2, 0.25) is 5.02 Å². The van der Waals surface area contributed by atoms with Gasteiger partial charge < -0.3 is 10.5 Å². The molecule has 2 aromatic carbocycles. The summed E-state index contributed by atoms with van der Waals surface area (Å²) in [5.74, 6) is -0.336. The molecule has 0 saturated carbocycles. The smallest absolute Gasteiger partial charge is 0.406 e. The molecule has 19 heavy (non-hydrogen) atoms. The number of halogens is 4. The van der Waals surface area contributed by atoms with Crippen molar-refractivity contribution in [1.82, 2.24) is 0 Å². The number of alkyl halides is 3. The Morgan fingerprint density at radius 1 is 1.00 bits per heavy atom. The highest BCUT2D eigenvalue weighted by atomic mass is 35.5. The molecule has 2 N–H and O–H groups in total. The summed E-state index contributed by atoms with van der Waals surface area (Å²) in [5, 5.41) is 0.401. The number of rotatable bonds is 2. The Morgan fingerprint density at radius 2 is 1.68 bits per heavy atom. The minimum absolute atomic E-state index is 0.322. The Labute approximate surface area is 112 Å². The van der Waals surface area contributed by atoms with Gasteiger partial charge in [-0.15, -0.1) is 13.2 Å². The number of ether oxygens (including phenoxy) is 1. The molecule has 0 aliphatic carbocycles. The van der Waals surface area contributed by atoms with Crippen LogP contribution >= 0.6 is 11.6 Å². The standard InChI is InChI=1S/C13H9ClF3NO/c14-11-4-2-1-3-9(11)10-7-8(5-6-12(10)18)19-13(15,16)17/h1-7H,18H2. The highest BCUT2D eigenvalue weighted by Crippen LogP contribution is 2.35. The van der Waals surface area contributed by atoms with Gasteiger partial charge in [-0.3, -0.25) is 0 Å². The monoisotopic (exact) mass is 287 g/mol. The molecule has 0 amide bonds. The van der Waals surface area contributed by atoms with Crippen molar-refractivity contribution in [3.63, 3.8) is 0 Å². The minimum atomic E-state index is -4.74. The topological polar surface area (TPSA) is 35.2 Å². The summed E-state index contributed by atoms with van der Waals surface area (Å²) in [5.41, 5.74) is 7.03. The van der Waals surface area contributed by atoms with E-state index in [1.165, 1.54) is 12.1 Å². The van der Waals surface area contributed by atoms with Gasteiger partial charge in [0.1, 0.15) is 5.75 Å².